The molecule has 0 saturated carbocycles. The van der Waals surface area contributed by atoms with E-state index in [0.717, 1.165) is 39.7 Å². The van der Waals surface area contributed by atoms with Crippen molar-refractivity contribution in [3.63, 3.8) is 0 Å². The number of aromatic amines is 1. The van der Waals surface area contributed by atoms with E-state index in [-0.39, 0.29) is 23.9 Å². The minimum Gasteiger partial charge on any atom is -0.356 e. The van der Waals surface area contributed by atoms with Crippen molar-refractivity contribution in [1.82, 2.24) is 15.2 Å². The number of imide groups is 1. The normalized spacial score (nSPS) is 19.4. The van der Waals surface area contributed by atoms with Gasteiger partial charge in [-0.2, -0.15) is 0 Å². The molecule has 7 heteroatoms. The van der Waals surface area contributed by atoms with Gasteiger partial charge in [0.1, 0.15) is 12.1 Å². The van der Waals surface area contributed by atoms with Gasteiger partial charge in [-0.25, -0.2) is 9.69 Å². The number of rotatable bonds is 5. The van der Waals surface area contributed by atoms with Crippen molar-refractivity contribution >= 4 is 34.4 Å². The molecule has 1 aromatic heterocycles. The van der Waals surface area contributed by atoms with Crippen LogP contribution in [0.15, 0.2) is 72.8 Å². The molecule has 6 rings (SSSR count). The first-order chi connectivity index (χ1) is 18.4. The van der Waals surface area contributed by atoms with Crippen LogP contribution >= 0.6 is 0 Å². The fourth-order valence-electron chi connectivity index (χ4n) is 5.58. The third kappa shape index (κ3) is 3.77. The Morgan fingerprint density at radius 3 is 2.45 bits per heavy atom. The van der Waals surface area contributed by atoms with Crippen LogP contribution < -0.4 is 10.2 Å². The second-order valence-corrected chi connectivity index (χ2v) is 10.3. The molecule has 4 aromatic rings. The standard InChI is InChI=1S/C31H30N4O3/c1-4-19(3)32-29(36)21-13-15-22(16-14-21)34-30(37)26-17-24-23-7-5-6-8-25(23)33-27(24)28(35(26)31(34)38)20-11-9-18(2)10-12-20/h5-16,19,26,28,33H,4,17H2,1-3H3,(H,32,36). The summed E-state index contributed by atoms with van der Waals surface area (Å²) < 4.78 is 0. The molecule has 1 fully saturated rings. The van der Waals surface area contributed by atoms with Crippen LogP contribution in [0.5, 0.6) is 0 Å². The number of aromatic nitrogens is 1. The predicted molar refractivity (Wildman–Crippen MR) is 147 cm³/mol. The van der Waals surface area contributed by atoms with Gasteiger partial charge in [-0.3, -0.25) is 14.5 Å². The van der Waals surface area contributed by atoms with Crippen LogP contribution in [-0.2, 0) is 11.2 Å². The SMILES string of the molecule is CCC(C)NC(=O)c1ccc(N2C(=O)C3Cc4c([nH]c5ccccc45)C(c4ccc(C)cc4)N3C2=O)cc1. The van der Waals surface area contributed by atoms with E-state index in [1.807, 2.05) is 63.2 Å². The number of urea groups is 1. The lowest BCUT2D eigenvalue weighted by atomic mass is 9.88. The molecule has 192 valence electrons. The van der Waals surface area contributed by atoms with Gasteiger partial charge in [0, 0.05) is 34.6 Å². The van der Waals surface area contributed by atoms with Gasteiger partial charge in [0.05, 0.1) is 5.69 Å². The van der Waals surface area contributed by atoms with Gasteiger partial charge in [-0.15, -0.1) is 0 Å². The number of nitrogens with one attached hydrogen (secondary N) is 2. The highest BCUT2D eigenvalue weighted by molar-refractivity contribution is 6.22. The molecule has 2 aliphatic heterocycles. The lowest BCUT2D eigenvalue weighted by Crippen LogP contribution is -2.44. The van der Waals surface area contributed by atoms with Crippen LogP contribution in [0.2, 0.25) is 0 Å². The van der Waals surface area contributed by atoms with Crippen molar-refractivity contribution in [2.75, 3.05) is 4.90 Å². The van der Waals surface area contributed by atoms with Gasteiger partial charge >= 0.3 is 6.03 Å². The van der Waals surface area contributed by atoms with Crippen LogP contribution in [0, 0.1) is 6.92 Å². The number of hydrogen-bond acceptors (Lipinski definition) is 3. The van der Waals surface area contributed by atoms with Gasteiger partial charge in [-0.05, 0) is 61.7 Å². The summed E-state index contributed by atoms with van der Waals surface area (Å²) in [6.45, 7) is 5.99. The summed E-state index contributed by atoms with van der Waals surface area (Å²) in [4.78, 5) is 46.9. The number of hydrogen-bond donors (Lipinski definition) is 2. The van der Waals surface area contributed by atoms with Crippen LogP contribution in [0.1, 0.15) is 59.1 Å². The summed E-state index contributed by atoms with van der Waals surface area (Å²) in [5.41, 5.74) is 6.06. The maximum atomic E-state index is 14.0. The molecule has 7 nitrogen and oxygen atoms in total. The van der Waals surface area contributed by atoms with E-state index in [2.05, 4.69) is 16.4 Å². The zero-order valence-corrected chi connectivity index (χ0v) is 21.7. The molecule has 3 aromatic carbocycles. The van der Waals surface area contributed by atoms with Crippen molar-refractivity contribution in [3.8, 4) is 0 Å². The highest BCUT2D eigenvalue weighted by Crippen LogP contribution is 2.44. The molecule has 0 spiro atoms. The first-order valence-electron chi connectivity index (χ1n) is 13.1. The summed E-state index contributed by atoms with van der Waals surface area (Å²) in [7, 11) is 0. The van der Waals surface area contributed by atoms with Crippen molar-refractivity contribution in [2.45, 2.75) is 51.7 Å². The Morgan fingerprint density at radius 2 is 1.74 bits per heavy atom. The molecule has 0 radical (unpaired) electrons. The number of benzene rings is 3. The fraction of sp³-hybridized carbons (Fsp3) is 0.258. The average Bonchev–Trinajstić information content (AvgIpc) is 3.42. The zero-order chi connectivity index (χ0) is 26.6. The number of anilines is 1. The Morgan fingerprint density at radius 1 is 1.03 bits per heavy atom. The van der Waals surface area contributed by atoms with Gasteiger partial charge in [0.15, 0.2) is 0 Å². The molecule has 0 aliphatic carbocycles. The first-order valence-corrected chi connectivity index (χ1v) is 13.1. The summed E-state index contributed by atoms with van der Waals surface area (Å²) in [6, 6.07) is 21.6. The second-order valence-electron chi connectivity index (χ2n) is 10.3. The van der Waals surface area contributed by atoms with E-state index in [1.165, 1.54) is 4.90 Å². The monoisotopic (exact) mass is 506 g/mol. The lowest BCUT2D eigenvalue weighted by molar-refractivity contribution is -0.120. The van der Waals surface area contributed by atoms with Gasteiger partial charge in [0.25, 0.3) is 11.8 Å². The number of carbonyl (C=O) groups excluding carboxylic acids is 3. The summed E-state index contributed by atoms with van der Waals surface area (Å²) in [6.07, 6.45) is 1.27. The summed E-state index contributed by atoms with van der Waals surface area (Å²) >= 11 is 0. The second kappa shape index (κ2) is 9.17. The van der Waals surface area contributed by atoms with Crippen LogP contribution in [0.3, 0.4) is 0 Å². The molecule has 2 aliphatic rings. The van der Waals surface area contributed by atoms with Gasteiger partial charge in [-0.1, -0.05) is 55.0 Å². The topological polar surface area (TPSA) is 85.5 Å². The Bertz CT molecular complexity index is 1550. The summed E-state index contributed by atoms with van der Waals surface area (Å²) in [5, 5.41) is 4.02. The quantitative estimate of drug-likeness (QED) is 0.351. The maximum Gasteiger partial charge on any atom is 0.332 e. The molecule has 3 unspecified atom stereocenters. The Labute approximate surface area is 221 Å². The number of para-hydroxylation sites is 1. The van der Waals surface area contributed by atoms with Crippen molar-refractivity contribution in [1.29, 1.82) is 0 Å². The average molecular weight is 507 g/mol. The van der Waals surface area contributed by atoms with Crippen LogP contribution in [-0.4, -0.2) is 39.8 Å². The van der Waals surface area contributed by atoms with E-state index in [1.54, 1.807) is 29.2 Å². The molecular weight excluding hydrogens is 476 g/mol. The summed E-state index contributed by atoms with van der Waals surface area (Å²) in [5.74, 6) is -0.424. The minimum atomic E-state index is -0.617. The molecular formula is C31H30N4O3. The number of amides is 4. The van der Waals surface area contributed by atoms with E-state index >= 15 is 0 Å². The smallest absolute Gasteiger partial charge is 0.332 e. The Balaban J connectivity index is 1.39. The van der Waals surface area contributed by atoms with E-state index in [9.17, 15) is 14.4 Å². The van der Waals surface area contributed by atoms with Crippen molar-refractivity contribution in [2.24, 2.45) is 0 Å². The highest BCUT2D eigenvalue weighted by atomic mass is 16.2. The third-order valence-electron chi connectivity index (χ3n) is 7.82. The number of fused-ring (bicyclic) bond motifs is 4. The fourth-order valence-corrected chi connectivity index (χ4v) is 5.58. The third-order valence-corrected chi connectivity index (χ3v) is 7.82. The van der Waals surface area contributed by atoms with Crippen LogP contribution in [0.4, 0.5) is 10.5 Å². The van der Waals surface area contributed by atoms with Gasteiger partial charge < -0.3 is 10.3 Å². The van der Waals surface area contributed by atoms with Crippen LogP contribution in [0.25, 0.3) is 10.9 Å². The van der Waals surface area contributed by atoms with E-state index in [4.69, 9.17) is 0 Å². The molecule has 1 saturated heterocycles. The Hall–Kier alpha value is -4.39. The van der Waals surface area contributed by atoms with Crippen molar-refractivity contribution in [3.05, 3.63) is 101 Å². The number of aryl methyl sites for hydroxylation is 1. The van der Waals surface area contributed by atoms with Crippen molar-refractivity contribution < 1.29 is 14.4 Å². The molecule has 2 N–H and O–H groups in total. The van der Waals surface area contributed by atoms with Gasteiger partial charge in [0.2, 0.25) is 0 Å². The zero-order valence-electron chi connectivity index (χ0n) is 21.7. The number of nitrogens with zero attached hydrogens (tertiary/aromatic N) is 2. The molecule has 4 amide bonds. The van der Waals surface area contributed by atoms with E-state index < -0.39 is 12.1 Å². The largest absolute Gasteiger partial charge is 0.356 e. The maximum absolute atomic E-state index is 14.0. The number of carbonyl (C=O) groups is 3. The molecule has 0 bridgehead atoms. The molecule has 3 heterocycles. The molecule has 3 atom stereocenters. The van der Waals surface area contributed by atoms with E-state index in [0.29, 0.717) is 17.7 Å². The first kappa shape index (κ1) is 24.0. The Kier molecular flexibility index (Phi) is 5.79. The minimum absolute atomic E-state index is 0.0618. The number of H-pyrrole nitrogens is 1. The lowest BCUT2D eigenvalue weighted by Gasteiger charge is -2.36. The predicted octanol–water partition coefficient (Wildman–Crippen LogP) is 5.49. The molecule has 38 heavy (non-hydrogen) atoms. The highest BCUT2D eigenvalue weighted by Gasteiger charge is 2.53.